The van der Waals surface area contributed by atoms with Gasteiger partial charge in [0.25, 0.3) is 0 Å². The van der Waals surface area contributed by atoms with Crippen LogP contribution in [0.2, 0.25) is 0 Å². The predicted molar refractivity (Wildman–Crippen MR) is 73.9 cm³/mol. The molecule has 5 nitrogen and oxygen atoms in total. The van der Waals surface area contributed by atoms with Crippen molar-refractivity contribution in [3.05, 3.63) is 47.7 Å². The van der Waals surface area contributed by atoms with E-state index >= 15 is 0 Å². The Bertz CT molecular complexity index is 665. The Morgan fingerprint density at radius 2 is 2.10 bits per heavy atom. The molecule has 0 unspecified atom stereocenters. The first-order valence-corrected chi connectivity index (χ1v) is 6.57. The summed E-state index contributed by atoms with van der Waals surface area (Å²) in [6, 6.07) is 11.8. The summed E-state index contributed by atoms with van der Waals surface area (Å²) in [7, 11) is 0. The van der Waals surface area contributed by atoms with Gasteiger partial charge >= 0.3 is 0 Å². The second kappa shape index (κ2) is 4.82. The van der Waals surface area contributed by atoms with Crippen LogP contribution in [0.15, 0.2) is 36.5 Å². The molecule has 100 valence electrons. The van der Waals surface area contributed by atoms with E-state index in [-0.39, 0.29) is 5.91 Å². The number of anilines is 1. The van der Waals surface area contributed by atoms with E-state index < -0.39 is 5.41 Å². The standard InChI is InChI=1S/C15H14N4O/c16-9-11-10-17-19-13(11)18-14(20)15(7-4-8-15)12-5-2-1-3-6-12/h1-3,5-6,10H,4,7-8H2,(H2,17,18,19,20). The van der Waals surface area contributed by atoms with Crippen molar-refractivity contribution in [2.24, 2.45) is 0 Å². The highest BCUT2D eigenvalue weighted by Gasteiger charge is 2.45. The van der Waals surface area contributed by atoms with Gasteiger partial charge in [-0.05, 0) is 18.4 Å². The zero-order chi connectivity index (χ0) is 14.0. The van der Waals surface area contributed by atoms with E-state index in [1.165, 1.54) is 6.20 Å². The smallest absolute Gasteiger partial charge is 0.236 e. The van der Waals surface area contributed by atoms with Crippen molar-refractivity contribution in [1.29, 1.82) is 5.26 Å². The summed E-state index contributed by atoms with van der Waals surface area (Å²) < 4.78 is 0. The van der Waals surface area contributed by atoms with Gasteiger partial charge in [-0.2, -0.15) is 10.4 Å². The molecule has 1 fully saturated rings. The van der Waals surface area contributed by atoms with Crippen LogP contribution < -0.4 is 5.32 Å². The second-order valence-electron chi connectivity index (χ2n) is 5.03. The van der Waals surface area contributed by atoms with Gasteiger partial charge in [-0.1, -0.05) is 36.8 Å². The molecule has 0 aliphatic heterocycles. The SMILES string of the molecule is N#Cc1cn[nH]c1NC(=O)C1(c2ccccc2)CCC1. The summed E-state index contributed by atoms with van der Waals surface area (Å²) in [5.41, 5.74) is 0.904. The lowest BCUT2D eigenvalue weighted by molar-refractivity contribution is -0.124. The van der Waals surface area contributed by atoms with Crippen LogP contribution in [0.5, 0.6) is 0 Å². The van der Waals surface area contributed by atoms with E-state index in [1.807, 2.05) is 36.4 Å². The molecule has 1 aliphatic rings. The van der Waals surface area contributed by atoms with Gasteiger partial charge in [-0.15, -0.1) is 0 Å². The molecule has 0 spiro atoms. The molecule has 3 rings (SSSR count). The van der Waals surface area contributed by atoms with Crippen molar-refractivity contribution in [3.8, 4) is 6.07 Å². The number of nitrogens with zero attached hydrogens (tertiary/aromatic N) is 2. The van der Waals surface area contributed by atoms with Crippen LogP contribution in [0.25, 0.3) is 0 Å². The number of aromatic amines is 1. The number of hydrogen-bond acceptors (Lipinski definition) is 3. The Morgan fingerprint density at radius 3 is 2.70 bits per heavy atom. The van der Waals surface area contributed by atoms with Crippen molar-refractivity contribution in [1.82, 2.24) is 10.2 Å². The van der Waals surface area contributed by atoms with Crippen LogP contribution in [-0.2, 0) is 10.2 Å². The van der Waals surface area contributed by atoms with Gasteiger partial charge < -0.3 is 5.32 Å². The molecule has 2 N–H and O–H groups in total. The first-order valence-electron chi connectivity index (χ1n) is 6.57. The fourth-order valence-electron chi connectivity index (χ4n) is 2.63. The van der Waals surface area contributed by atoms with Crippen molar-refractivity contribution in [2.75, 3.05) is 5.32 Å². The Balaban J connectivity index is 1.88. The maximum Gasteiger partial charge on any atom is 0.236 e. The van der Waals surface area contributed by atoms with Gasteiger partial charge in [0.1, 0.15) is 17.5 Å². The highest BCUT2D eigenvalue weighted by Crippen LogP contribution is 2.44. The normalized spacial score (nSPS) is 15.9. The van der Waals surface area contributed by atoms with Gasteiger partial charge in [-0.25, -0.2) is 0 Å². The third-order valence-electron chi connectivity index (χ3n) is 3.97. The summed E-state index contributed by atoms with van der Waals surface area (Å²) in [5.74, 6) is 0.301. The molecule has 0 radical (unpaired) electrons. The van der Waals surface area contributed by atoms with Crippen LogP contribution in [-0.4, -0.2) is 16.1 Å². The molecule has 20 heavy (non-hydrogen) atoms. The molecule has 1 amide bonds. The van der Waals surface area contributed by atoms with E-state index in [4.69, 9.17) is 5.26 Å². The van der Waals surface area contributed by atoms with Crippen molar-refractivity contribution in [3.63, 3.8) is 0 Å². The highest BCUT2D eigenvalue weighted by atomic mass is 16.2. The number of rotatable bonds is 3. The second-order valence-corrected chi connectivity index (χ2v) is 5.03. The fraction of sp³-hybridized carbons (Fsp3) is 0.267. The molecule has 2 aromatic rings. The summed E-state index contributed by atoms with van der Waals surface area (Å²) in [4.78, 5) is 12.6. The van der Waals surface area contributed by atoms with E-state index in [0.717, 1.165) is 24.8 Å². The number of nitriles is 1. The minimum Gasteiger partial charge on any atom is -0.309 e. The third kappa shape index (κ3) is 1.86. The molecule has 0 bridgehead atoms. The van der Waals surface area contributed by atoms with Gasteiger partial charge in [0.05, 0.1) is 11.6 Å². The first kappa shape index (κ1) is 12.4. The summed E-state index contributed by atoms with van der Waals surface area (Å²) in [5, 5.41) is 18.2. The molecule has 5 heteroatoms. The lowest BCUT2D eigenvalue weighted by atomic mass is 9.64. The third-order valence-corrected chi connectivity index (χ3v) is 3.97. The number of aromatic nitrogens is 2. The van der Waals surface area contributed by atoms with E-state index in [2.05, 4.69) is 15.5 Å². The number of carbonyl (C=O) groups excluding carboxylic acids is 1. The van der Waals surface area contributed by atoms with Gasteiger partial charge in [0, 0.05) is 0 Å². The topological polar surface area (TPSA) is 81.6 Å². The molecule has 1 heterocycles. The first-order chi connectivity index (χ1) is 9.76. The highest BCUT2D eigenvalue weighted by molar-refractivity contribution is 6.00. The molecule has 0 atom stereocenters. The molecular weight excluding hydrogens is 252 g/mol. The number of H-pyrrole nitrogens is 1. The number of nitrogens with one attached hydrogen (secondary N) is 2. The summed E-state index contributed by atoms with van der Waals surface area (Å²) in [6.45, 7) is 0. The number of amides is 1. The van der Waals surface area contributed by atoms with E-state index in [0.29, 0.717) is 11.4 Å². The summed E-state index contributed by atoms with van der Waals surface area (Å²) >= 11 is 0. The monoisotopic (exact) mass is 266 g/mol. The van der Waals surface area contributed by atoms with E-state index in [9.17, 15) is 4.79 Å². The van der Waals surface area contributed by atoms with Gasteiger partial charge in [-0.3, -0.25) is 9.89 Å². The average molecular weight is 266 g/mol. The lowest BCUT2D eigenvalue weighted by Crippen LogP contribution is -2.46. The number of hydrogen-bond donors (Lipinski definition) is 2. The number of benzene rings is 1. The van der Waals surface area contributed by atoms with Gasteiger partial charge in [0.15, 0.2) is 0 Å². The van der Waals surface area contributed by atoms with E-state index in [1.54, 1.807) is 0 Å². The van der Waals surface area contributed by atoms with Crippen molar-refractivity contribution >= 4 is 11.7 Å². The maximum atomic E-state index is 12.6. The average Bonchev–Trinajstić information content (AvgIpc) is 2.86. The van der Waals surface area contributed by atoms with Crippen LogP contribution >= 0.6 is 0 Å². The van der Waals surface area contributed by atoms with Gasteiger partial charge in [0.2, 0.25) is 5.91 Å². The van der Waals surface area contributed by atoms with Crippen molar-refractivity contribution < 1.29 is 4.79 Å². The predicted octanol–water partition coefficient (Wildman–Crippen LogP) is 2.34. The quantitative estimate of drug-likeness (QED) is 0.894. The molecule has 0 saturated heterocycles. The van der Waals surface area contributed by atoms with Crippen LogP contribution in [0.4, 0.5) is 5.82 Å². The zero-order valence-corrected chi connectivity index (χ0v) is 10.9. The van der Waals surface area contributed by atoms with Crippen LogP contribution in [0, 0.1) is 11.3 Å². The Labute approximate surface area is 116 Å². The molecule has 1 aromatic carbocycles. The minimum atomic E-state index is -0.473. The fourth-order valence-corrected chi connectivity index (χ4v) is 2.63. The maximum absolute atomic E-state index is 12.6. The lowest BCUT2D eigenvalue weighted by Gasteiger charge is -2.40. The molecule has 1 saturated carbocycles. The molecule has 1 aromatic heterocycles. The van der Waals surface area contributed by atoms with Crippen LogP contribution in [0.1, 0.15) is 30.4 Å². The molecular formula is C15H14N4O. The minimum absolute atomic E-state index is 0.0734. The Morgan fingerprint density at radius 1 is 1.35 bits per heavy atom. The van der Waals surface area contributed by atoms with Crippen LogP contribution in [0.3, 0.4) is 0 Å². The summed E-state index contributed by atoms with van der Waals surface area (Å²) in [6.07, 6.45) is 4.11. The Hall–Kier alpha value is -2.61. The zero-order valence-electron chi connectivity index (χ0n) is 10.9. The largest absolute Gasteiger partial charge is 0.309 e. The van der Waals surface area contributed by atoms with Crippen molar-refractivity contribution in [2.45, 2.75) is 24.7 Å². The molecule has 1 aliphatic carbocycles. The Kier molecular flexibility index (Phi) is 2.99. The number of carbonyl (C=O) groups is 1.